The van der Waals surface area contributed by atoms with Gasteiger partial charge in [-0.15, -0.1) is 11.3 Å². The molecule has 28 heavy (non-hydrogen) atoms. The van der Waals surface area contributed by atoms with Gasteiger partial charge >= 0.3 is 11.7 Å². The second kappa shape index (κ2) is 7.81. The lowest BCUT2D eigenvalue weighted by Gasteiger charge is -2.04. The van der Waals surface area contributed by atoms with E-state index in [1.807, 2.05) is 0 Å². The predicted octanol–water partition coefficient (Wildman–Crippen LogP) is 1.86. The molecule has 3 aromatic rings. The maximum atomic E-state index is 12.9. The van der Waals surface area contributed by atoms with E-state index in [0.29, 0.717) is 26.6 Å². The van der Waals surface area contributed by atoms with Crippen molar-refractivity contribution in [1.82, 2.24) is 9.55 Å². The van der Waals surface area contributed by atoms with Crippen LogP contribution in [0.1, 0.15) is 27.7 Å². The van der Waals surface area contributed by atoms with Crippen LogP contribution in [0.25, 0.3) is 10.2 Å². The number of ether oxygens (including phenoxy) is 2. The zero-order valence-electron chi connectivity index (χ0n) is 15.5. The zero-order chi connectivity index (χ0) is 20.4. The Morgan fingerprint density at radius 1 is 1.18 bits per heavy atom. The summed E-state index contributed by atoms with van der Waals surface area (Å²) in [5.41, 5.74) is -0.464. The van der Waals surface area contributed by atoms with Gasteiger partial charge in [0.25, 0.3) is 5.56 Å². The van der Waals surface area contributed by atoms with Crippen LogP contribution in [0.3, 0.4) is 0 Å². The Morgan fingerprint density at radius 3 is 2.46 bits per heavy atom. The molecule has 3 rings (SSSR count). The predicted molar refractivity (Wildman–Crippen MR) is 105 cm³/mol. The van der Waals surface area contributed by atoms with Crippen molar-refractivity contribution in [3.8, 4) is 5.75 Å². The highest BCUT2D eigenvalue weighted by atomic mass is 32.1. The highest BCUT2D eigenvalue weighted by molar-refractivity contribution is 7.20. The van der Waals surface area contributed by atoms with Crippen LogP contribution in [-0.2, 0) is 16.1 Å². The SMILES string of the molecule is CCOC(=O)Cn1c(=O)[nH]c2sc(C(=O)c3ccc(OC)cc3)c(C)c2c1=O. The molecule has 1 N–H and O–H groups in total. The highest BCUT2D eigenvalue weighted by Crippen LogP contribution is 2.29. The molecule has 0 amide bonds. The van der Waals surface area contributed by atoms with E-state index in [1.165, 1.54) is 7.11 Å². The summed E-state index contributed by atoms with van der Waals surface area (Å²) in [7, 11) is 1.53. The van der Waals surface area contributed by atoms with Crippen LogP contribution >= 0.6 is 11.3 Å². The molecule has 146 valence electrons. The fourth-order valence-electron chi connectivity index (χ4n) is 2.82. The van der Waals surface area contributed by atoms with Gasteiger partial charge in [-0.05, 0) is 43.7 Å². The van der Waals surface area contributed by atoms with Crippen LogP contribution < -0.4 is 16.0 Å². The van der Waals surface area contributed by atoms with Gasteiger partial charge in [0.15, 0.2) is 0 Å². The summed E-state index contributed by atoms with van der Waals surface area (Å²) < 4.78 is 10.7. The molecule has 0 aliphatic heterocycles. The number of nitrogens with one attached hydrogen (secondary N) is 1. The molecular weight excluding hydrogens is 384 g/mol. The number of benzene rings is 1. The van der Waals surface area contributed by atoms with Crippen LogP contribution in [-0.4, -0.2) is 35.0 Å². The third-order valence-electron chi connectivity index (χ3n) is 4.22. The number of fused-ring (bicyclic) bond motifs is 1. The van der Waals surface area contributed by atoms with Gasteiger partial charge in [-0.3, -0.25) is 19.4 Å². The number of hydrogen-bond acceptors (Lipinski definition) is 7. The first-order valence-electron chi connectivity index (χ1n) is 8.48. The lowest BCUT2D eigenvalue weighted by molar-refractivity contribution is -0.143. The van der Waals surface area contributed by atoms with E-state index in [1.54, 1.807) is 38.1 Å². The molecule has 0 radical (unpaired) electrons. The number of nitrogens with zero attached hydrogens (tertiary/aromatic N) is 1. The van der Waals surface area contributed by atoms with Gasteiger partial charge in [-0.25, -0.2) is 9.36 Å². The Kier molecular flexibility index (Phi) is 5.46. The fourth-order valence-corrected chi connectivity index (χ4v) is 3.97. The molecule has 9 heteroatoms. The molecule has 0 unspecified atom stereocenters. The molecule has 0 atom stereocenters. The number of H-pyrrole nitrogens is 1. The molecular formula is C19H18N2O6S. The van der Waals surface area contributed by atoms with Gasteiger partial charge in [0.05, 0.1) is 24.0 Å². The molecule has 0 fully saturated rings. The average molecular weight is 402 g/mol. The molecule has 1 aromatic carbocycles. The Morgan fingerprint density at radius 2 is 1.86 bits per heavy atom. The van der Waals surface area contributed by atoms with E-state index in [4.69, 9.17) is 9.47 Å². The number of aryl methyl sites for hydroxylation is 1. The number of aromatic nitrogens is 2. The Bertz CT molecular complexity index is 1170. The van der Waals surface area contributed by atoms with Crippen LogP contribution in [0.15, 0.2) is 33.9 Å². The van der Waals surface area contributed by atoms with Crippen molar-refractivity contribution in [2.75, 3.05) is 13.7 Å². The van der Waals surface area contributed by atoms with Gasteiger partial charge in [0.1, 0.15) is 17.1 Å². The van der Waals surface area contributed by atoms with E-state index in [-0.39, 0.29) is 17.8 Å². The molecule has 0 spiro atoms. The molecule has 2 heterocycles. The lowest BCUT2D eigenvalue weighted by atomic mass is 10.1. The standard InChI is InChI=1S/C19H18N2O6S/c1-4-27-13(22)9-21-18(24)14-10(2)16(28-17(14)20-19(21)25)15(23)11-5-7-12(26-3)8-6-11/h5-8H,4,9H2,1-3H3,(H,20,25). The lowest BCUT2D eigenvalue weighted by Crippen LogP contribution is -2.37. The molecule has 0 aliphatic carbocycles. The normalized spacial score (nSPS) is 10.8. The maximum absolute atomic E-state index is 12.9. The van der Waals surface area contributed by atoms with Crippen LogP contribution in [0.5, 0.6) is 5.75 Å². The zero-order valence-corrected chi connectivity index (χ0v) is 16.3. The molecule has 0 saturated carbocycles. The number of carbonyl (C=O) groups excluding carboxylic acids is 2. The summed E-state index contributed by atoms with van der Waals surface area (Å²) in [4.78, 5) is 52.8. The minimum Gasteiger partial charge on any atom is -0.497 e. The summed E-state index contributed by atoms with van der Waals surface area (Å²) >= 11 is 1.04. The Hall–Kier alpha value is -3.20. The molecule has 0 saturated heterocycles. The monoisotopic (exact) mass is 402 g/mol. The summed E-state index contributed by atoms with van der Waals surface area (Å²) in [6.45, 7) is 2.93. The third kappa shape index (κ3) is 3.48. The average Bonchev–Trinajstić information content (AvgIpc) is 3.01. The maximum Gasteiger partial charge on any atom is 0.329 e. The largest absolute Gasteiger partial charge is 0.497 e. The summed E-state index contributed by atoms with van der Waals surface area (Å²) in [5, 5.41) is 0.214. The number of rotatable bonds is 6. The molecule has 0 aliphatic rings. The van der Waals surface area contributed by atoms with Gasteiger partial charge in [-0.2, -0.15) is 0 Å². The number of esters is 1. The van der Waals surface area contributed by atoms with E-state index < -0.39 is 23.8 Å². The first-order valence-corrected chi connectivity index (χ1v) is 9.29. The first kappa shape index (κ1) is 19.6. The van der Waals surface area contributed by atoms with Crippen molar-refractivity contribution in [1.29, 1.82) is 0 Å². The molecule has 8 nitrogen and oxygen atoms in total. The number of ketones is 1. The van der Waals surface area contributed by atoms with Crippen molar-refractivity contribution in [2.45, 2.75) is 20.4 Å². The third-order valence-corrected chi connectivity index (χ3v) is 5.43. The van der Waals surface area contributed by atoms with E-state index >= 15 is 0 Å². The summed E-state index contributed by atoms with van der Waals surface area (Å²) in [6, 6.07) is 6.60. The number of carbonyl (C=O) groups is 2. The number of methoxy groups -OCH3 is 1. The number of aromatic amines is 1. The second-order valence-corrected chi connectivity index (χ2v) is 6.97. The van der Waals surface area contributed by atoms with Crippen LogP contribution in [0, 0.1) is 6.92 Å². The van der Waals surface area contributed by atoms with E-state index in [0.717, 1.165) is 15.9 Å². The van der Waals surface area contributed by atoms with Crippen molar-refractivity contribution in [3.05, 3.63) is 61.1 Å². The first-order chi connectivity index (χ1) is 13.4. The fraction of sp³-hybridized carbons (Fsp3) is 0.263. The topological polar surface area (TPSA) is 107 Å². The number of thiophene rings is 1. The highest BCUT2D eigenvalue weighted by Gasteiger charge is 2.22. The van der Waals surface area contributed by atoms with Crippen molar-refractivity contribution >= 4 is 33.3 Å². The van der Waals surface area contributed by atoms with E-state index in [9.17, 15) is 19.2 Å². The Labute approximate surface area is 163 Å². The van der Waals surface area contributed by atoms with E-state index in [2.05, 4.69) is 4.98 Å². The van der Waals surface area contributed by atoms with Crippen molar-refractivity contribution in [2.24, 2.45) is 0 Å². The smallest absolute Gasteiger partial charge is 0.329 e. The minimum absolute atomic E-state index is 0.145. The molecule has 2 aromatic heterocycles. The minimum atomic E-state index is -0.727. The van der Waals surface area contributed by atoms with Gasteiger partial charge in [0.2, 0.25) is 5.78 Å². The van der Waals surface area contributed by atoms with Crippen LogP contribution in [0.2, 0.25) is 0 Å². The van der Waals surface area contributed by atoms with Crippen molar-refractivity contribution in [3.63, 3.8) is 0 Å². The van der Waals surface area contributed by atoms with Crippen molar-refractivity contribution < 1.29 is 19.1 Å². The quantitative estimate of drug-likeness (QED) is 0.498. The van der Waals surface area contributed by atoms with Crippen LogP contribution in [0.4, 0.5) is 0 Å². The summed E-state index contributed by atoms with van der Waals surface area (Å²) in [6.07, 6.45) is 0. The van der Waals surface area contributed by atoms with Gasteiger partial charge < -0.3 is 9.47 Å². The number of hydrogen-bond donors (Lipinski definition) is 1. The second-order valence-electron chi connectivity index (χ2n) is 5.94. The van der Waals surface area contributed by atoms with Gasteiger partial charge in [0, 0.05) is 5.56 Å². The Balaban J connectivity index is 2.08. The van der Waals surface area contributed by atoms with Gasteiger partial charge in [-0.1, -0.05) is 0 Å². The summed E-state index contributed by atoms with van der Waals surface area (Å²) in [5.74, 6) is -0.328. The molecule has 0 bridgehead atoms.